The average molecular weight is 193 g/mol. The predicted molar refractivity (Wildman–Crippen MR) is 57.1 cm³/mol. The van der Waals surface area contributed by atoms with E-state index in [2.05, 4.69) is 4.90 Å². The summed E-state index contributed by atoms with van der Waals surface area (Å²) in [5.74, 6) is -0.133. The van der Waals surface area contributed by atoms with Gasteiger partial charge in [0.05, 0.1) is 0 Å². The maximum atomic E-state index is 13.0. The molecule has 0 N–H and O–H groups in total. The molecule has 1 heterocycles. The lowest BCUT2D eigenvalue weighted by molar-refractivity contribution is 0.626. The quantitative estimate of drug-likeness (QED) is 0.662. The third-order valence-corrected chi connectivity index (χ3v) is 2.78. The Kier molecular flexibility index (Phi) is 3.02. The minimum Gasteiger partial charge on any atom is -0.371 e. The number of hydrogen-bond donors (Lipinski definition) is 0. The van der Waals surface area contributed by atoms with Gasteiger partial charge in [-0.3, -0.25) is 0 Å². The van der Waals surface area contributed by atoms with E-state index < -0.39 is 0 Å². The smallest absolute Gasteiger partial charge is 0.125 e. The largest absolute Gasteiger partial charge is 0.371 e. The highest BCUT2D eigenvalue weighted by Crippen LogP contribution is 2.19. The van der Waals surface area contributed by atoms with Crippen LogP contribution >= 0.6 is 0 Å². The zero-order chi connectivity index (χ0) is 9.80. The van der Waals surface area contributed by atoms with Crippen molar-refractivity contribution in [1.82, 2.24) is 0 Å². The van der Waals surface area contributed by atoms with Gasteiger partial charge in [0.15, 0.2) is 0 Å². The van der Waals surface area contributed by atoms with E-state index in [0.29, 0.717) is 0 Å². The minimum absolute atomic E-state index is 0.133. The highest BCUT2D eigenvalue weighted by molar-refractivity contribution is 5.46. The molecule has 2 rings (SSSR count). The second-order valence-electron chi connectivity index (χ2n) is 3.88. The van der Waals surface area contributed by atoms with E-state index in [4.69, 9.17) is 0 Å². The van der Waals surface area contributed by atoms with Crippen molar-refractivity contribution in [2.75, 3.05) is 18.0 Å². The molecule has 1 nitrogen and oxygen atoms in total. The first-order chi connectivity index (χ1) is 6.86. The molecule has 1 aliphatic heterocycles. The second-order valence-corrected chi connectivity index (χ2v) is 3.88. The van der Waals surface area contributed by atoms with E-state index in [0.717, 1.165) is 18.8 Å². The Labute approximate surface area is 84.5 Å². The van der Waals surface area contributed by atoms with E-state index >= 15 is 0 Å². The number of benzene rings is 1. The van der Waals surface area contributed by atoms with Gasteiger partial charge in [-0.05, 0) is 31.0 Å². The number of halogens is 1. The van der Waals surface area contributed by atoms with Crippen molar-refractivity contribution in [3.8, 4) is 0 Å². The molecular formula is C12H16FN. The first kappa shape index (κ1) is 9.50. The molecule has 76 valence electrons. The summed E-state index contributed by atoms with van der Waals surface area (Å²) >= 11 is 0. The summed E-state index contributed by atoms with van der Waals surface area (Å²) in [5.41, 5.74) is 1.03. The van der Waals surface area contributed by atoms with Gasteiger partial charge in [-0.2, -0.15) is 0 Å². The minimum atomic E-state index is -0.133. The van der Waals surface area contributed by atoms with Crippen molar-refractivity contribution < 1.29 is 4.39 Å². The van der Waals surface area contributed by atoms with E-state index in [1.807, 2.05) is 6.07 Å². The van der Waals surface area contributed by atoms with Crippen molar-refractivity contribution in [2.24, 2.45) is 0 Å². The van der Waals surface area contributed by atoms with Crippen molar-refractivity contribution >= 4 is 5.69 Å². The predicted octanol–water partition coefficient (Wildman–Crippen LogP) is 3.21. The average Bonchev–Trinajstić information content (AvgIpc) is 2.45. The molecule has 1 aromatic rings. The zero-order valence-electron chi connectivity index (χ0n) is 8.38. The Morgan fingerprint density at radius 1 is 1.00 bits per heavy atom. The van der Waals surface area contributed by atoms with Crippen LogP contribution in [0.4, 0.5) is 10.1 Å². The van der Waals surface area contributed by atoms with E-state index in [1.165, 1.54) is 31.7 Å². The first-order valence-electron chi connectivity index (χ1n) is 5.37. The van der Waals surface area contributed by atoms with Gasteiger partial charge < -0.3 is 4.90 Å². The highest BCUT2D eigenvalue weighted by Gasteiger charge is 2.09. The molecule has 1 aliphatic rings. The summed E-state index contributed by atoms with van der Waals surface area (Å²) < 4.78 is 13.0. The Morgan fingerprint density at radius 2 is 1.71 bits per heavy atom. The standard InChI is InChI=1S/C12H16FN/c13-11-6-5-7-12(10-11)14-8-3-1-2-4-9-14/h5-7,10H,1-4,8-9H2. The summed E-state index contributed by atoms with van der Waals surface area (Å²) in [6.07, 6.45) is 5.09. The summed E-state index contributed by atoms with van der Waals surface area (Å²) in [4.78, 5) is 2.29. The third-order valence-electron chi connectivity index (χ3n) is 2.78. The van der Waals surface area contributed by atoms with Crippen molar-refractivity contribution in [3.63, 3.8) is 0 Å². The van der Waals surface area contributed by atoms with Crippen LogP contribution in [0.1, 0.15) is 25.7 Å². The van der Waals surface area contributed by atoms with E-state index in [9.17, 15) is 4.39 Å². The van der Waals surface area contributed by atoms with Gasteiger partial charge in [-0.25, -0.2) is 4.39 Å². The van der Waals surface area contributed by atoms with Crippen molar-refractivity contribution in [1.29, 1.82) is 0 Å². The normalized spacial score (nSPS) is 17.9. The lowest BCUT2D eigenvalue weighted by Gasteiger charge is -2.22. The van der Waals surface area contributed by atoms with Gasteiger partial charge in [-0.1, -0.05) is 18.9 Å². The van der Waals surface area contributed by atoms with Crippen LogP contribution in [0.25, 0.3) is 0 Å². The van der Waals surface area contributed by atoms with E-state index in [1.54, 1.807) is 12.1 Å². The zero-order valence-corrected chi connectivity index (χ0v) is 8.38. The van der Waals surface area contributed by atoms with Gasteiger partial charge in [0.1, 0.15) is 5.82 Å². The first-order valence-corrected chi connectivity index (χ1v) is 5.37. The molecule has 2 heteroatoms. The summed E-state index contributed by atoms with van der Waals surface area (Å²) in [5, 5.41) is 0. The Bertz CT molecular complexity index is 290. The number of rotatable bonds is 1. The Balaban J connectivity index is 2.12. The molecule has 0 unspecified atom stereocenters. The molecule has 0 atom stereocenters. The lowest BCUT2D eigenvalue weighted by atomic mass is 10.2. The van der Waals surface area contributed by atoms with Crippen LogP contribution in [0.3, 0.4) is 0 Å². The van der Waals surface area contributed by atoms with Gasteiger partial charge in [0.2, 0.25) is 0 Å². The molecule has 1 aromatic carbocycles. The van der Waals surface area contributed by atoms with Crippen LogP contribution in [0.5, 0.6) is 0 Å². The maximum Gasteiger partial charge on any atom is 0.125 e. The molecule has 14 heavy (non-hydrogen) atoms. The van der Waals surface area contributed by atoms with Crippen molar-refractivity contribution in [2.45, 2.75) is 25.7 Å². The monoisotopic (exact) mass is 193 g/mol. The fourth-order valence-electron chi connectivity index (χ4n) is 2.00. The van der Waals surface area contributed by atoms with Crippen LogP contribution < -0.4 is 4.90 Å². The van der Waals surface area contributed by atoms with E-state index in [-0.39, 0.29) is 5.82 Å². The Morgan fingerprint density at radius 3 is 2.36 bits per heavy atom. The SMILES string of the molecule is Fc1cccc(N2CCCCCC2)c1. The number of anilines is 1. The number of hydrogen-bond acceptors (Lipinski definition) is 1. The molecule has 1 saturated heterocycles. The lowest BCUT2D eigenvalue weighted by Crippen LogP contribution is -2.23. The van der Waals surface area contributed by atoms with Crippen LogP contribution in [-0.2, 0) is 0 Å². The van der Waals surface area contributed by atoms with Crippen LogP contribution in [0, 0.1) is 5.82 Å². The molecule has 0 amide bonds. The molecule has 0 aliphatic carbocycles. The summed E-state index contributed by atoms with van der Waals surface area (Å²) in [6, 6.07) is 6.91. The van der Waals surface area contributed by atoms with Crippen LogP contribution in [-0.4, -0.2) is 13.1 Å². The van der Waals surface area contributed by atoms with Crippen molar-refractivity contribution in [3.05, 3.63) is 30.1 Å². The van der Waals surface area contributed by atoms with Gasteiger partial charge in [0, 0.05) is 18.8 Å². The fraction of sp³-hybridized carbons (Fsp3) is 0.500. The molecule has 0 bridgehead atoms. The third kappa shape index (κ3) is 2.25. The molecule has 0 radical (unpaired) electrons. The highest BCUT2D eigenvalue weighted by atomic mass is 19.1. The van der Waals surface area contributed by atoms with Gasteiger partial charge in [0.25, 0.3) is 0 Å². The maximum absolute atomic E-state index is 13.0. The second kappa shape index (κ2) is 4.45. The van der Waals surface area contributed by atoms with Crippen LogP contribution in [0.15, 0.2) is 24.3 Å². The topological polar surface area (TPSA) is 3.24 Å². The molecule has 0 saturated carbocycles. The molecule has 0 spiro atoms. The summed E-state index contributed by atoms with van der Waals surface area (Å²) in [7, 11) is 0. The molecule has 0 aromatic heterocycles. The van der Waals surface area contributed by atoms with Gasteiger partial charge in [-0.15, -0.1) is 0 Å². The Hall–Kier alpha value is -1.05. The van der Waals surface area contributed by atoms with Crippen LogP contribution in [0.2, 0.25) is 0 Å². The van der Waals surface area contributed by atoms with Gasteiger partial charge >= 0.3 is 0 Å². The molecular weight excluding hydrogens is 177 g/mol. The number of nitrogens with zero attached hydrogens (tertiary/aromatic N) is 1. The summed E-state index contributed by atoms with van der Waals surface area (Å²) in [6.45, 7) is 2.15. The molecule has 1 fully saturated rings. The fourth-order valence-corrected chi connectivity index (χ4v) is 2.00.